The third-order valence-corrected chi connectivity index (χ3v) is 4.21. The van der Waals surface area contributed by atoms with Crippen LogP contribution in [0.2, 0.25) is 0 Å². The van der Waals surface area contributed by atoms with E-state index < -0.39 is 38.9 Å². The van der Waals surface area contributed by atoms with Crippen molar-refractivity contribution in [2.45, 2.75) is 11.5 Å². The molecular formula is C14H11F4NO4S. The Morgan fingerprint density at radius 3 is 2.29 bits per heavy atom. The first-order valence-electron chi connectivity index (χ1n) is 6.33. The summed E-state index contributed by atoms with van der Waals surface area (Å²) in [6, 6.07) is 5.43. The summed E-state index contributed by atoms with van der Waals surface area (Å²) in [7, 11) is -3.04. The highest BCUT2D eigenvalue weighted by Gasteiger charge is 2.18. The van der Waals surface area contributed by atoms with Crippen LogP contribution in [0.1, 0.15) is 0 Å². The molecule has 0 aliphatic heterocycles. The molecule has 0 heterocycles. The maximum absolute atomic E-state index is 13.2. The van der Waals surface area contributed by atoms with E-state index in [1.165, 1.54) is 19.2 Å². The first kappa shape index (κ1) is 17.9. The van der Waals surface area contributed by atoms with Gasteiger partial charge in [0.2, 0.25) is 0 Å². The molecule has 0 aliphatic carbocycles. The molecule has 0 radical (unpaired) electrons. The number of alkyl halides is 2. The zero-order valence-electron chi connectivity index (χ0n) is 12.1. The van der Waals surface area contributed by atoms with Gasteiger partial charge < -0.3 is 9.47 Å². The second-order valence-electron chi connectivity index (χ2n) is 4.43. The number of nitrogens with one attached hydrogen (secondary N) is 1. The minimum Gasteiger partial charge on any atom is -0.493 e. The number of hydrogen-bond donors (Lipinski definition) is 1. The Balaban J connectivity index is 2.33. The van der Waals surface area contributed by atoms with Crippen LogP contribution in [-0.2, 0) is 10.0 Å². The van der Waals surface area contributed by atoms with Crippen LogP contribution in [0, 0.1) is 11.6 Å². The molecule has 0 amide bonds. The monoisotopic (exact) mass is 365 g/mol. The van der Waals surface area contributed by atoms with Crippen molar-refractivity contribution in [1.82, 2.24) is 0 Å². The molecule has 2 aromatic rings. The van der Waals surface area contributed by atoms with E-state index in [2.05, 4.69) is 4.74 Å². The zero-order valence-corrected chi connectivity index (χ0v) is 12.9. The summed E-state index contributed by atoms with van der Waals surface area (Å²) in [6.07, 6.45) is 0. The van der Waals surface area contributed by atoms with Crippen LogP contribution in [0.3, 0.4) is 0 Å². The van der Waals surface area contributed by atoms with Crippen molar-refractivity contribution in [3.63, 3.8) is 0 Å². The van der Waals surface area contributed by atoms with Crippen molar-refractivity contribution >= 4 is 15.7 Å². The molecule has 0 spiro atoms. The fourth-order valence-electron chi connectivity index (χ4n) is 1.79. The molecule has 2 aromatic carbocycles. The predicted octanol–water partition coefficient (Wildman–Crippen LogP) is 3.38. The van der Waals surface area contributed by atoms with Crippen molar-refractivity contribution < 1.29 is 35.5 Å². The molecule has 0 saturated carbocycles. The number of halogens is 4. The lowest BCUT2D eigenvalue weighted by Gasteiger charge is -2.13. The third-order valence-electron chi connectivity index (χ3n) is 2.83. The van der Waals surface area contributed by atoms with Gasteiger partial charge in [0.25, 0.3) is 10.0 Å². The SMILES string of the molecule is COc1ccc(NS(=O)(=O)c2ccc(F)c(F)c2)cc1OC(F)F. The summed E-state index contributed by atoms with van der Waals surface area (Å²) >= 11 is 0. The van der Waals surface area contributed by atoms with Crippen molar-refractivity contribution in [2.24, 2.45) is 0 Å². The van der Waals surface area contributed by atoms with E-state index in [1.54, 1.807) is 0 Å². The summed E-state index contributed by atoms with van der Waals surface area (Å²) < 4.78 is 86.1. The van der Waals surface area contributed by atoms with E-state index in [0.717, 1.165) is 12.1 Å². The molecule has 2 rings (SSSR count). The largest absolute Gasteiger partial charge is 0.493 e. The van der Waals surface area contributed by atoms with Crippen LogP contribution in [0.15, 0.2) is 41.3 Å². The summed E-state index contributed by atoms with van der Waals surface area (Å²) in [6.45, 7) is -3.14. The van der Waals surface area contributed by atoms with Gasteiger partial charge in [-0.1, -0.05) is 0 Å². The Labute approximate surface area is 134 Å². The molecule has 10 heteroatoms. The van der Waals surface area contributed by atoms with E-state index >= 15 is 0 Å². The minimum absolute atomic E-state index is 0.0360. The Bertz CT molecular complexity index is 843. The molecule has 1 N–H and O–H groups in total. The fourth-order valence-corrected chi connectivity index (χ4v) is 2.85. The standard InChI is InChI=1S/C14H11F4NO4S/c1-22-12-5-2-8(6-13(12)23-14(17)18)19-24(20,21)9-3-4-10(15)11(16)7-9/h2-7,14,19H,1H3. The van der Waals surface area contributed by atoms with Crippen LogP contribution >= 0.6 is 0 Å². The lowest BCUT2D eigenvalue weighted by Crippen LogP contribution is -2.14. The van der Waals surface area contributed by atoms with Crippen LogP contribution in [0.4, 0.5) is 23.2 Å². The normalized spacial score (nSPS) is 11.4. The van der Waals surface area contributed by atoms with Gasteiger partial charge >= 0.3 is 6.61 Å². The second-order valence-corrected chi connectivity index (χ2v) is 6.11. The van der Waals surface area contributed by atoms with Gasteiger partial charge in [-0.05, 0) is 30.3 Å². The van der Waals surface area contributed by atoms with Crippen LogP contribution in [0.25, 0.3) is 0 Å². The maximum Gasteiger partial charge on any atom is 0.387 e. The van der Waals surface area contributed by atoms with Gasteiger partial charge in [-0.2, -0.15) is 8.78 Å². The summed E-state index contributed by atoms with van der Waals surface area (Å²) in [4.78, 5) is -0.534. The summed E-state index contributed by atoms with van der Waals surface area (Å²) in [5, 5.41) is 0. The van der Waals surface area contributed by atoms with Gasteiger partial charge in [0.15, 0.2) is 23.1 Å². The van der Waals surface area contributed by atoms with E-state index in [4.69, 9.17) is 4.74 Å². The minimum atomic E-state index is -4.26. The van der Waals surface area contributed by atoms with Crippen molar-refractivity contribution in [3.8, 4) is 11.5 Å². The molecule has 0 unspecified atom stereocenters. The van der Waals surface area contributed by atoms with E-state index in [1.807, 2.05) is 4.72 Å². The summed E-state index contributed by atoms with van der Waals surface area (Å²) in [5.74, 6) is -2.97. The number of ether oxygens (including phenoxy) is 2. The van der Waals surface area contributed by atoms with Crippen molar-refractivity contribution in [2.75, 3.05) is 11.8 Å². The molecule has 0 aliphatic rings. The van der Waals surface area contributed by atoms with E-state index in [9.17, 15) is 26.0 Å². The van der Waals surface area contributed by atoms with Crippen LogP contribution in [0.5, 0.6) is 11.5 Å². The summed E-state index contributed by atoms with van der Waals surface area (Å²) in [5.41, 5.74) is -0.129. The lowest BCUT2D eigenvalue weighted by atomic mass is 10.3. The Kier molecular flexibility index (Phi) is 5.17. The van der Waals surface area contributed by atoms with Gasteiger partial charge in [0.1, 0.15) is 0 Å². The topological polar surface area (TPSA) is 64.6 Å². The molecule has 130 valence electrons. The van der Waals surface area contributed by atoms with Crippen molar-refractivity contribution in [1.29, 1.82) is 0 Å². The lowest BCUT2D eigenvalue weighted by molar-refractivity contribution is -0.0511. The van der Waals surface area contributed by atoms with Crippen LogP contribution < -0.4 is 14.2 Å². The van der Waals surface area contributed by atoms with Gasteiger partial charge in [-0.25, -0.2) is 17.2 Å². The highest BCUT2D eigenvalue weighted by atomic mass is 32.2. The van der Waals surface area contributed by atoms with Crippen molar-refractivity contribution in [3.05, 3.63) is 48.0 Å². The molecule has 24 heavy (non-hydrogen) atoms. The Morgan fingerprint density at radius 2 is 1.71 bits per heavy atom. The van der Waals surface area contributed by atoms with E-state index in [0.29, 0.717) is 12.1 Å². The molecular weight excluding hydrogens is 354 g/mol. The highest BCUT2D eigenvalue weighted by molar-refractivity contribution is 7.92. The molecule has 0 fully saturated rings. The average Bonchev–Trinajstić information content (AvgIpc) is 2.49. The Hall–Kier alpha value is -2.49. The molecule has 0 saturated heterocycles. The number of sulfonamides is 1. The van der Waals surface area contributed by atoms with E-state index in [-0.39, 0.29) is 11.4 Å². The molecule has 0 atom stereocenters. The number of anilines is 1. The molecule has 5 nitrogen and oxygen atoms in total. The predicted molar refractivity (Wildman–Crippen MR) is 76.8 cm³/mol. The van der Waals surface area contributed by atoms with Gasteiger partial charge in [-0.15, -0.1) is 0 Å². The molecule has 0 bridgehead atoms. The first-order valence-corrected chi connectivity index (χ1v) is 7.82. The second kappa shape index (κ2) is 6.95. The third kappa shape index (κ3) is 4.07. The number of rotatable bonds is 6. The number of methoxy groups -OCH3 is 1. The zero-order chi connectivity index (χ0) is 17.9. The van der Waals surface area contributed by atoms with Gasteiger partial charge in [-0.3, -0.25) is 4.72 Å². The van der Waals surface area contributed by atoms with Gasteiger partial charge in [0.05, 0.1) is 17.7 Å². The van der Waals surface area contributed by atoms with Crippen LogP contribution in [-0.4, -0.2) is 22.1 Å². The number of hydrogen-bond acceptors (Lipinski definition) is 4. The Morgan fingerprint density at radius 1 is 1.00 bits per heavy atom. The fraction of sp³-hybridized carbons (Fsp3) is 0.143. The smallest absolute Gasteiger partial charge is 0.387 e. The number of benzene rings is 2. The average molecular weight is 365 g/mol. The van der Waals surface area contributed by atoms with Gasteiger partial charge in [0, 0.05) is 6.07 Å². The molecule has 0 aromatic heterocycles. The highest BCUT2D eigenvalue weighted by Crippen LogP contribution is 2.32. The quantitative estimate of drug-likeness (QED) is 0.797. The first-order chi connectivity index (χ1) is 11.2. The maximum atomic E-state index is 13.2.